The monoisotopic (exact) mass is 254 g/mol. The molecular formula is C17H18O2. The van der Waals surface area contributed by atoms with Gasteiger partial charge in [-0.1, -0.05) is 56.3 Å². The molecule has 0 spiro atoms. The topological polar surface area (TPSA) is 37.3 Å². The fourth-order valence-corrected chi connectivity index (χ4v) is 2.27. The SMILES string of the molecule is CC(C)(Cc1ccccc1)c1ccc(C(=O)O)cc1. The first-order valence-electron chi connectivity index (χ1n) is 6.37. The Labute approximate surface area is 113 Å². The summed E-state index contributed by atoms with van der Waals surface area (Å²) in [5, 5.41) is 8.91. The summed E-state index contributed by atoms with van der Waals surface area (Å²) in [6, 6.07) is 17.5. The number of carboxylic acids is 1. The van der Waals surface area contributed by atoms with E-state index in [1.54, 1.807) is 12.1 Å². The molecule has 0 radical (unpaired) electrons. The lowest BCUT2D eigenvalue weighted by Gasteiger charge is -2.25. The minimum atomic E-state index is -0.882. The number of hydrogen-bond donors (Lipinski definition) is 1. The van der Waals surface area contributed by atoms with E-state index in [2.05, 4.69) is 26.0 Å². The van der Waals surface area contributed by atoms with Crippen LogP contribution in [-0.2, 0) is 11.8 Å². The summed E-state index contributed by atoms with van der Waals surface area (Å²) in [5.41, 5.74) is 2.76. The van der Waals surface area contributed by atoms with E-state index in [1.165, 1.54) is 5.56 Å². The van der Waals surface area contributed by atoms with Crippen LogP contribution in [-0.4, -0.2) is 11.1 Å². The van der Waals surface area contributed by atoms with Crippen molar-refractivity contribution in [3.8, 4) is 0 Å². The second kappa shape index (κ2) is 5.27. The molecule has 0 aliphatic heterocycles. The van der Waals surface area contributed by atoms with Gasteiger partial charge in [0, 0.05) is 0 Å². The molecule has 0 aromatic heterocycles. The van der Waals surface area contributed by atoms with Crippen molar-refractivity contribution >= 4 is 5.97 Å². The van der Waals surface area contributed by atoms with Crippen LogP contribution in [0.1, 0.15) is 35.3 Å². The Balaban J connectivity index is 2.21. The zero-order chi connectivity index (χ0) is 13.9. The smallest absolute Gasteiger partial charge is 0.335 e. The van der Waals surface area contributed by atoms with Crippen LogP contribution in [0.3, 0.4) is 0 Å². The molecule has 2 nitrogen and oxygen atoms in total. The molecule has 98 valence electrons. The van der Waals surface area contributed by atoms with Gasteiger partial charge in [0.2, 0.25) is 0 Å². The third kappa shape index (κ3) is 3.22. The summed E-state index contributed by atoms with van der Waals surface area (Å²) in [4.78, 5) is 10.9. The van der Waals surface area contributed by atoms with Crippen LogP contribution in [0.4, 0.5) is 0 Å². The Bertz CT molecular complexity index is 554. The van der Waals surface area contributed by atoms with Crippen molar-refractivity contribution in [2.75, 3.05) is 0 Å². The van der Waals surface area contributed by atoms with E-state index in [0.717, 1.165) is 12.0 Å². The van der Waals surface area contributed by atoms with Crippen LogP contribution in [0, 0.1) is 0 Å². The molecule has 0 heterocycles. The molecule has 0 aliphatic rings. The van der Waals surface area contributed by atoms with Crippen molar-refractivity contribution in [1.82, 2.24) is 0 Å². The van der Waals surface area contributed by atoms with Crippen LogP contribution in [0.15, 0.2) is 54.6 Å². The molecule has 2 aromatic carbocycles. The number of aromatic carboxylic acids is 1. The Kier molecular flexibility index (Phi) is 3.70. The quantitative estimate of drug-likeness (QED) is 0.898. The molecule has 0 saturated heterocycles. The summed E-state index contributed by atoms with van der Waals surface area (Å²) in [7, 11) is 0. The van der Waals surface area contributed by atoms with Gasteiger partial charge < -0.3 is 5.11 Å². The van der Waals surface area contributed by atoms with Gasteiger partial charge in [-0.05, 0) is 35.1 Å². The van der Waals surface area contributed by atoms with Crippen molar-refractivity contribution in [2.45, 2.75) is 25.7 Å². The molecule has 0 aliphatic carbocycles. The second-order valence-corrected chi connectivity index (χ2v) is 5.43. The molecule has 0 saturated carbocycles. The van der Waals surface area contributed by atoms with E-state index in [9.17, 15) is 4.79 Å². The van der Waals surface area contributed by atoms with Crippen molar-refractivity contribution in [2.24, 2.45) is 0 Å². The minimum absolute atomic E-state index is 0.0155. The molecule has 0 fully saturated rings. The van der Waals surface area contributed by atoms with Gasteiger partial charge in [-0.15, -0.1) is 0 Å². The maximum atomic E-state index is 10.9. The Hall–Kier alpha value is -2.09. The van der Waals surface area contributed by atoms with E-state index < -0.39 is 5.97 Å². The predicted molar refractivity (Wildman–Crippen MR) is 76.6 cm³/mol. The Morgan fingerprint density at radius 3 is 2.11 bits per heavy atom. The summed E-state index contributed by atoms with van der Waals surface area (Å²) in [6.45, 7) is 4.35. The largest absolute Gasteiger partial charge is 0.478 e. The highest BCUT2D eigenvalue weighted by Crippen LogP contribution is 2.27. The maximum Gasteiger partial charge on any atom is 0.335 e. The summed E-state index contributed by atoms with van der Waals surface area (Å²) < 4.78 is 0. The molecule has 0 amide bonds. The predicted octanol–water partition coefficient (Wildman–Crippen LogP) is 3.91. The van der Waals surface area contributed by atoms with Gasteiger partial charge in [0.15, 0.2) is 0 Å². The van der Waals surface area contributed by atoms with Gasteiger partial charge in [-0.2, -0.15) is 0 Å². The zero-order valence-electron chi connectivity index (χ0n) is 11.3. The number of hydrogen-bond acceptors (Lipinski definition) is 1. The molecule has 2 heteroatoms. The van der Waals surface area contributed by atoms with E-state index in [-0.39, 0.29) is 5.41 Å². The van der Waals surface area contributed by atoms with Crippen molar-refractivity contribution in [3.63, 3.8) is 0 Å². The minimum Gasteiger partial charge on any atom is -0.478 e. The first kappa shape index (κ1) is 13.3. The number of carbonyl (C=O) groups is 1. The third-order valence-corrected chi connectivity index (χ3v) is 3.40. The lowest BCUT2D eigenvalue weighted by Crippen LogP contribution is -2.20. The van der Waals surface area contributed by atoms with E-state index in [1.807, 2.05) is 30.3 Å². The highest BCUT2D eigenvalue weighted by Gasteiger charge is 2.21. The highest BCUT2D eigenvalue weighted by molar-refractivity contribution is 5.87. The fraction of sp³-hybridized carbons (Fsp3) is 0.235. The van der Waals surface area contributed by atoms with Crippen LogP contribution >= 0.6 is 0 Å². The average Bonchev–Trinajstić information content (AvgIpc) is 2.39. The normalized spacial score (nSPS) is 11.3. The molecule has 1 N–H and O–H groups in total. The Morgan fingerprint density at radius 1 is 1.00 bits per heavy atom. The van der Waals surface area contributed by atoms with Gasteiger partial charge >= 0.3 is 5.97 Å². The van der Waals surface area contributed by atoms with Crippen molar-refractivity contribution in [1.29, 1.82) is 0 Å². The lowest BCUT2D eigenvalue weighted by atomic mass is 9.79. The first-order chi connectivity index (χ1) is 8.99. The summed E-state index contributed by atoms with van der Waals surface area (Å²) >= 11 is 0. The van der Waals surface area contributed by atoms with Crippen LogP contribution in [0.2, 0.25) is 0 Å². The third-order valence-electron chi connectivity index (χ3n) is 3.40. The molecule has 0 unspecified atom stereocenters. The van der Waals surface area contributed by atoms with Gasteiger partial charge in [-0.25, -0.2) is 4.79 Å². The Morgan fingerprint density at radius 2 is 1.58 bits per heavy atom. The molecule has 0 bridgehead atoms. The van der Waals surface area contributed by atoms with Gasteiger partial charge in [-0.3, -0.25) is 0 Å². The van der Waals surface area contributed by atoms with E-state index >= 15 is 0 Å². The van der Waals surface area contributed by atoms with E-state index in [4.69, 9.17) is 5.11 Å². The lowest BCUT2D eigenvalue weighted by molar-refractivity contribution is 0.0697. The van der Waals surface area contributed by atoms with Crippen molar-refractivity contribution < 1.29 is 9.90 Å². The second-order valence-electron chi connectivity index (χ2n) is 5.43. The molecule has 19 heavy (non-hydrogen) atoms. The van der Waals surface area contributed by atoms with Gasteiger partial charge in [0.05, 0.1) is 5.56 Å². The van der Waals surface area contributed by atoms with Crippen LogP contribution in [0.5, 0.6) is 0 Å². The summed E-state index contributed by atoms with van der Waals surface area (Å²) in [6.07, 6.45) is 0.931. The molecule has 2 aromatic rings. The first-order valence-corrected chi connectivity index (χ1v) is 6.37. The fourth-order valence-electron chi connectivity index (χ4n) is 2.27. The van der Waals surface area contributed by atoms with Gasteiger partial charge in [0.25, 0.3) is 0 Å². The molecule has 2 rings (SSSR count). The molecular weight excluding hydrogens is 236 g/mol. The average molecular weight is 254 g/mol. The van der Waals surface area contributed by atoms with Crippen LogP contribution in [0.25, 0.3) is 0 Å². The van der Waals surface area contributed by atoms with E-state index in [0.29, 0.717) is 5.56 Å². The number of benzene rings is 2. The zero-order valence-corrected chi connectivity index (χ0v) is 11.3. The summed E-state index contributed by atoms with van der Waals surface area (Å²) in [5.74, 6) is -0.882. The number of rotatable bonds is 4. The highest BCUT2D eigenvalue weighted by atomic mass is 16.4. The molecule has 0 atom stereocenters. The van der Waals surface area contributed by atoms with Crippen molar-refractivity contribution in [3.05, 3.63) is 71.3 Å². The van der Waals surface area contributed by atoms with Crippen LogP contribution < -0.4 is 0 Å². The number of carboxylic acid groups (broad SMARTS) is 1. The maximum absolute atomic E-state index is 10.9. The standard InChI is InChI=1S/C17H18O2/c1-17(2,12-13-6-4-3-5-7-13)15-10-8-14(9-11-15)16(18)19/h3-11H,12H2,1-2H3,(H,18,19). The van der Waals surface area contributed by atoms with Gasteiger partial charge in [0.1, 0.15) is 0 Å².